The van der Waals surface area contributed by atoms with Gasteiger partial charge in [-0.05, 0) is 61.8 Å². The van der Waals surface area contributed by atoms with E-state index in [1.54, 1.807) is 7.11 Å². The normalized spacial score (nSPS) is 26.1. The van der Waals surface area contributed by atoms with Crippen molar-refractivity contribution in [2.75, 3.05) is 13.7 Å². The third-order valence-corrected chi connectivity index (χ3v) is 5.59. The minimum atomic E-state index is 0.0425. The molecule has 3 rings (SSSR count). The van der Waals surface area contributed by atoms with Gasteiger partial charge in [-0.2, -0.15) is 0 Å². The maximum absolute atomic E-state index is 6.55. The number of rotatable bonds is 3. The van der Waals surface area contributed by atoms with Crippen LogP contribution in [0.2, 0.25) is 0 Å². The molecule has 2 atom stereocenters. The number of benzene rings is 1. The fourth-order valence-corrected chi connectivity index (χ4v) is 3.96. The van der Waals surface area contributed by atoms with Gasteiger partial charge in [0.2, 0.25) is 0 Å². The van der Waals surface area contributed by atoms with Crippen molar-refractivity contribution in [3.63, 3.8) is 0 Å². The molecule has 1 saturated carbocycles. The predicted octanol–water partition coefficient (Wildman–Crippen LogP) is 3.81. The highest BCUT2D eigenvalue weighted by Crippen LogP contribution is 2.47. The molecule has 1 heterocycles. The van der Waals surface area contributed by atoms with Gasteiger partial charge in [-0.3, -0.25) is 0 Å². The van der Waals surface area contributed by atoms with Gasteiger partial charge in [0.1, 0.15) is 5.75 Å². The molecule has 4 heteroatoms. The second-order valence-corrected chi connectivity index (χ2v) is 6.91. The van der Waals surface area contributed by atoms with Gasteiger partial charge in [0.05, 0.1) is 12.7 Å². The molecule has 1 aliphatic heterocycles. The Morgan fingerprint density at radius 3 is 2.90 bits per heavy atom. The summed E-state index contributed by atoms with van der Waals surface area (Å²) in [5, 5.41) is 0. The van der Waals surface area contributed by atoms with E-state index < -0.39 is 0 Å². The van der Waals surface area contributed by atoms with Crippen molar-refractivity contribution in [3.8, 4) is 5.75 Å². The van der Waals surface area contributed by atoms with Gasteiger partial charge in [0.15, 0.2) is 0 Å². The van der Waals surface area contributed by atoms with E-state index in [9.17, 15) is 0 Å². The SMILES string of the molecule is COc1ccc(Br)c(C(N)C2CCOC3(CCC3)C2)c1. The zero-order chi connectivity index (χ0) is 14.2. The van der Waals surface area contributed by atoms with E-state index in [0.29, 0.717) is 5.92 Å². The maximum atomic E-state index is 6.55. The molecule has 0 amide bonds. The monoisotopic (exact) mass is 339 g/mol. The summed E-state index contributed by atoms with van der Waals surface area (Å²) in [4.78, 5) is 0. The van der Waals surface area contributed by atoms with Gasteiger partial charge in [-0.15, -0.1) is 0 Å². The zero-order valence-corrected chi connectivity index (χ0v) is 13.5. The lowest BCUT2D eigenvalue weighted by Crippen LogP contribution is -2.47. The molecule has 1 aliphatic carbocycles. The average molecular weight is 340 g/mol. The molecule has 1 aromatic carbocycles. The second kappa shape index (κ2) is 5.66. The number of methoxy groups -OCH3 is 1. The fourth-order valence-electron chi connectivity index (χ4n) is 3.45. The quantitative estimate of drug-likeness (QED) is 0.910. The van der Waals surface area contributed by atoms with Gasteiger partial charge in [0, 0.05) is 17.1 Å². The summed E-state index contributed by atoms with van der Waals surface area (Å²) >= 11 is 3.62. The van der Waals surface area contributed by atoms with Crippen LogP contribution in [0.15, 0.2) is 22.7 Å². The van der Waals surface area contributed by atoms with Crippen molar-refractivity contribution in [2.45, 2.75) is 43.7 Å². The van der Waals surface area contributed by atoms with E-state index in [0.717, 1.165) is 35.2 Å². The van der Waals surface area contributed by atoms with Crippen molar-refractivity contribution in [2.24, 2.45) is 11.7 Å². The van der Waals surface area contributed by atoms with Gasteiger partial charge in [-0.25, -0.2) is 0 Å². The van der Waals surface area contributed by atoms with E-state index in [-0.39, 0.29) is 11.6 Å². The molecule has 110 valence electrons. The van der Waals surface area contributed by atoms with Gasteiger partial charge in [0.25, 0.3) is 0 Å². The molecule has 2 N–H and O–H groups in total. The summed E-state index contributed by atoms with van der Waals surface area (Å²) in [6, 6.07) is 6.07. The van der Waals surface area contributed by atoms with E-state index >= 15 is 0 Å². The fraction of sp³-hybridized carbons (Fsp3) is 0.625. The molecular formula is C16H22BrNO2. The molecule has 3 nitrogen and oxygen atoms in total. The third-order valence-electron chi connectivity index (χ3n) is 4.87. The Balaban J connectivity index is 1.79. The minimum Gasteiger partial charge on any atom is -0.497 e. The molecule has 0 bridgehead atoms. The lowest BCUT2D eigenvalue weighted by atomic mass is 9.70. The van der Waals surface area contributed by atoms with Crippen LogP contribution in [-0.4, -0.2) is 19.3 Å². The summed E-state index contributed by atoms with van der Waals surface area (Å²) in [6.07, 6.45) is 5.85. The first-order valence-corrected chi connectivity index (χ1v) is 8.16. The molecule has 2 unspecified atom stereocenters. The summed E-state index contributed by atoms with van der Waals surface area (Å²) in [5.41, 5.74) is 7.84. The lowest BCUT2D eigenvalue weighted by Gasteiger charge is -2.48. The molecular weight excluding hydrogens is 318 g/mol. The molecule has 1 saturated heterocycles. The summed E-state index contributed by atoms with van der Waals surface area (Å²) in [7, 11) is 1.69. The molecule has 0 aromatic heterocycles. The number of hydrogen-bond acceptors (Lipinski definition) is 3. The second-order valence-electron chi connectivity index (χ2n) is 6.05. The first-order valence-electron chi connectivity index (χ1n) is 7.36. The summed E-state index contributed by atoms with van der Waals surface area (Å²) in [5.74, 6) is 1.36. The van der Waals surface area contributed by atoms with E-state index in [2.05, 4.69) is 22.0 Å². The Bertz CT molecular complexity index is 487. The molecule has 1 spiro atoms. The van der Waals surface area contributed by atoms with Crippen molar-refractivity contribution in [3.05, 3.63) is 28.2 Å². The van der Waals surface area contributed by atoms with E-state index in [1.165, 1.54) is 19.3 Å². The smallest absolute Gasteiger partial charge is 0.119 e. The van der Waals surface area contributed by atoms with Crippen LogP contribution in [0.1, 0.15) is 43.7 Å². The highest BCUT2D eigenvalue weighted by Gasteiger charge is 2.44. The largest absolute Gasteiger partial charge is 0.497 e. The summed E-state index contributed by atoms with van der Waals surface area (Å²) < 4.78 is 12.4. The van der Waals surface area contributed by atoms with Crippen LogP contribution < -0.4 is 10.5 Å². The highest BCUT2D eigenvalue weighted by molar-refractivity contribution is 9.10. The predicted molar refractivity (Wildman–Crippen MR) is 82.9 cm³/mol. The van der Waals surface area contributed by atoms with Gasteiger partial charge < -0.3 is 15.2 Å². The Labute approximate surface area is 129 Å². The average Bonchev–Trinajstić information content (AvgIpc) is 2.45. The molecule has 20 heavy (non-hydrogen) atoms. The standard InChI is InChI=1S/C16H22BrNO2/c1-19-12-3-4-14(17)13(9-12)15(18)11-5-8-20-16(10-11)6-2-7-16/h3-4,9,11,15H,2,5-8,10,18H2,1H3. The van der Waals surface area contributed by atoms with Crippen LogP contribution in [0.3, 0.4) is 0 Å². The first kappa shape index (κ1) is 14.4. The molecule has 1 aromatic rings. The number of halogens is 1. The van der Waals surface area contributed by atoms with Crippen molar-refractivity contribution < 1.29 is 9.47 Å². The summed E-state index contributed by atoms with van der Waals surface area (Å²) in [6.45, 7) is 0.847. The molecule has 0 radical (unpaired) electrons. The Morgan fingerprint density at radius 2 is 2.25 bits per heavy atom. The highest BCUT2D eigenvalue weighted by atomic mass is 79.9. The van der Waals surface area contributed by atoms with Crippen LogP contribution in [0, 0.1) is 5.92 Å². The number of nitrogens with two attached hydrogens (primary N) is 1. The molecule has 2 fully saturated rings. The van der Waals surface area contributed by atoms with E-state index in [4.69, 9.17) is 15.2 Å². The van der Waals surface area contributed by atoms with E-state index in [1.807, 2.05) is 12.1 Å². The first-order chi connectivity index (χ1) is 9.63. The van der Waals surface area contributed by atoms with Crippen LogP contribution >= 0.6 is 15.9 Å². The Kier molecular flexibility index (Phi) is 4.07. The number of ether oxygens (including phenoxy) is 2. The third kappa shape index (κ3) is 2.61. The Hall–Kier alpha value is -0.580. The van der Waals surface area contributed by atoms with Crippen LogP contribution in [0.5, 0.6) is 5.75 Å². The van der Waals surface area contributed by atoms with Gasteiger partial charge in [-0.1, -0.05) is 15.9 Å². The van der Waals surface area contributed by atoms with Crippen LogP contribution in [0.25, 0.3) is 0 Å². The van der Waals surface area contributed by atoms with Crippen molar-refractivity contribution in [1.29, 1.82) is 0 Å². The van der Waals surface area contributed by atoms with Crippen molar-refractivity contribution >= 4 is 15.9 Å². The minimum absolute atomic E-state index is 0.0425. The Morgan fingerprint density at radius 1 is 1.45 bits per heavy atom. The lowest BCUT2D eigenvalue weighted by molar-refractivity contribution is -0.146. The number of hydrogen-bond donors (Lipinski definition) is 1. The topological polar surface area (TPSA) is 44.5 Å². The maximum Gasteiger partial charge on any atom is 0.119 e. The van der Waals surface area contributed by atoms with Crippen LogP contribution in [0.4, 0.5) is 0 Å². The van der Waals surface area contributed by atoms with Crippen molar-refractivity contribution in [1.82, 2.24) is 0 Å². The van der Waals surface area contributed by atoms with Gasteiger partial charge >= 0.3 is 0 Å². The van der Waals surface area contributed by atoms with Crippen LogP contribution in [-0.2, 0) is 4.74 Å². The molecule has 2 aliphatic rings. The zero-order valence-electron chi connectivity index (χ0n) is 11.9.